The lowest BCUT2D eigenvalue weighted by atomic mass is 10.4. The summed E-state index contributed by atoms with van der Waals surface area (Å²) in [5.41, 5.74) is 0. The zero-order chi connectivity index (χ0) is 12.3. The Morgan fingerprint density at radius 3 is 2.65 bits per heavy atom. The molecule has 0 fully saturated rings. The highest BCUT2D eigenvalue weighted by molar-refractivity contribution is 7.99. The lowest BCUT2D eigenvalue weighted by molar-refractivity contribution is 1.43. The van der Waals surface area contributed by atoms with E-state index in [0.717, 1.165) is 12.2 Å². The summed E-state index contributed by atoms with van der Waals surface area (Å²) in [6.07, 6.45) is 8.13. The molecule has 2 heteroatoms. The van der Waals surface area contributed by atoms with Crippen LogP contribution >= 0.6 is 11.8 Å². The molecule has 0 nitrogen and oxygen atoms in total. The molecule has 0 aliphatic heterocycles. The van der Waals surface area contributed by atoms with Gasteiger partial charge in [0.05, 0.1) is 0 Å². The number of hydrogen-bond donors (Lipinski definition) is 0. The molecule has 0 radical (unpaired) electrons. The van der Waals surface area contributed by atoms with Crippen molar-refractivity contribution < 1.29 is 0 Å². The molecule has 17 heavy (non-hydrogen) atoms. The third-order valence-corrected chi connectivity index (χ3v) is 8.09. The molecule has 0 saturated carbocycles. The standard InChI is InChI=1S/C15H20SSi/c1-4-16-14-11-7-8-12-15(14)17(2,3)13-9-5-6-10-13/h5,7-12H,4,6H2,1-3H3. The number of benzene rings is 1. The van der Waals surface area contributed by atoms with E-state index in [0.29, 0.717) is 0 Å². The van der Waals surface area contributed by atoms with Gasteiger partial charge in [-0.25, -0.2) is 0 Å². The molecule has 0 bridgehead atoms. The Bertz CT molecular complexity index is 458. The van der Waals surface area contributed by atoms with Gasteiger partial charge in [0.15, 0.2) is 0 Å². The maximum absolute atomic E-state index is 2.46. The monoisotopic (exact) mass is 260 g/mol. The van der Waals surface area contributed by atoms with Crippen LogP contribution in [0.1, 0.15) is 13.3 Å². The van der Waals surface area contributed by atoms with Crippen molar-refractivity contribution in [2.24, 2.45) is 0 Å². The summed E-state index contributed by atoms with van der Waals surface area (Å²) in [6.45, 7) is 7.15. The number of allylic oxidation sites excluding steroid dienone is 4. The van der Waals surface area contributed by atoms with Crippen molar-refractivity contribution in [3.63, 3.8) is 0 Å². The van der Waals surface area contributed by atoms with Crippen LogP contribution < -0.4 is 5.19 Å². The molecule has 0 aromatic heterocycles. The van der Waals surface area contributed by atoms with Crippen molar-refractivity contribution in [2.75, 3.05) is 5.75 Å². The van der Waals surface area contributed by atoms with Crippen LogP contribution in [0.2, 0.25) is 13.1 Å². The van der Waals surface area contributed by atoms with Gasteiger partial charge in [0.2, 0.25) is 0 Å². The summed E-state index contributed by atoms with van der Waals surface area (Å²) < 4.78 is 0. The van der Waals surface area contributed by atoms with E-state index in [-0.39, 0.29) is 0 Å². The fourth-order valence-electron chi connectivity index (χ4n) is 2.34. The molecule has 0 N–H and O–H groups in total. The fraction of sp³-hybridized carbons (Fsp3) is 0.333. The first-order valence-corrected chi connectivity index (χ1v) is 10.2. The molecule has 0 saturated heterocycles. The van der Waals surface area contributed by atoms with Crippen molar-refractivity contribution in [1.29, 1.82) is 0 Å². The first kappa shape index (κ1) is 12.7. The van der Waals surface area contributed by atoms with E-state index >= 15 is 0 Å². The summed E-state index contributed by atoms with van der Waals surface area (Å²) >= 11 is 1.97. The predicted molar refractivity (Wildman–Crippen MR) is 81.8 cm³/mol. The van der Waals surface area contributed by atoms with E-state index in [1.54, 1.807) is 10.4 Å². The molecule has 0 amide bonds. The Morgan fingerprint density at radius 1 is 1.24 bits per heavy atom. The Morgan fingerprint density at radius 2 is 2.00 bits per heavy atom. The zero-order valence-electron chi connectivity index (χ0n) is 10.9. The van der Waals surface area contributed by atoms with Gasteiger partial charge in [0.1, 0.15) is 8.07 Å². The normalized spacial score (nSPS) is 15.1. The molecule has 2 rings (SSSR count). The van der Waals surface area contributed by atoms with Gasteiger partial charge in [-0.2, -0.15) is 0 Å². The second-order valence-electron chi connectivity index (χ2n) is 4.85. The molecular weight excluding hydrogens is 240 g/mol. The number of rotatable bonds is 4. The molecule has 1 aromatic rings. The van der Waals surface area contributed by atoms with E-state index in [1.165, 1.54) is 4.90 Å². The van der Waals surface area contributed by atoms with Crippen molar-refractivity contribution in [3.8, 4) is 0 Å². The van der Waals surface area contributed by atoms with E-state index in [2.05, 4.69) is 62.5 Å². The van der Waals surface area contributed by atoms with E-state index in [9.17, 15) is 0 Å². The third kappa shape index (κ3) is 2.58. The van der Waals surface area contributed by atoms with Crippen LogP contribution in [0.5, 0.6) is 0 Å². The van der Waals surface area contributed by atoms with Crippen LogP contribution in [-0.2, 0) is 0 Å². The van der Waals surface area contributed by atoms with E-state index < -0.39 is 8.07 Å². The highest BCUT2D eigenvalue weighted by Crippen LogP contribution is 2.26. The predicted octanol–water partition coefficient (Wildman–Crippen LogP) is 4.14. The second kappa shape index (κ2) is 5.28. The van der Waals surface area contributed by atoms with Gasteiger partial charge < -0.3 is 0 Å². The van der Waals surface area contributed by atoms with Crippen LogP contribution in [0.3, 0.4) is 0 Å². The topological polar surface area (TPSA) is 0 Å². The molecule has 1 aliphatic carbocycles. The Kier molecular flexibility index (Phi) is 3.95. The van der Waals surface area contributed by atoms with Gasteiger partial charge in [-0.05, 0) is 23.4 Å². The molecule has 0 spiro atoms. The van der Waals surface area contributed by atoms with Crippen LogP contribution in [0.15, 0.2) is 52.6 Å². The average molecular weight is 260 g/mol. The summed E-state index contributed by atoms with van der Waals surface area (Å²) in [6, 6.07) is 8.95. The second-order valence-corrected chi connectivity index (χ2v) is 10.5. The SMILES string of the molecule is CCSc1ccccc1[Si](C)(C)C1=CCC=C1. The molecule has 1 aromatic carbocycles. The van der Waals surface area contributed by atoms with Crippen molar-refractivity contribution in [1.82, 2.24) is 0 Å². The van der Waals surface area contributed by atoms with Gasteiger partial charge in [-0.15, -0.1) is 11.8 Å². The van der Waals surface area contributed by atoms with Gasteiger partial charge in [-0.3, -0.25) is 0 Å². The minimum atomic E-state index is -1.47. The minimum Gasteiger partial charge on any atom is -0.127 e. The molecular formula is C15H20SSi. The van der Waals surface area contributed by atoms with Crippen LogP contribution in [0, 0.1) is 0 Å². The molecule has 0 atom stereocenters. The van der Waals surface area contributed by atoms with Gasteiger partial charge in [-0.1, -0.05) is 61.6 Å². The maximum atomic E-state index is 2.46. The van der Waals surface area contributed by atoms with Crippen molar-refractivity contribution in [3.05, 3.63) is 47.7 Å². The van der Waals surface area contributed by atoms with Crippen LogP contribution in [0.25, 0.3) is 0 Å². The lowest BCUT2D eigenvalue weighted by Crippen LogP contribution is -2.44. The number of thioether (sulfide) groups is 1. The highest BCUT2D eigenvalue weighted by atomic mass is 32.2. The maximum Gasteiger partial charge on any atom is 0.113 e. The van der Waals surface area contributed by atoms with E-state index in [1.807, 2.05) is 11.8 Å². The first-order valence-electron chi connectivity index (χ1n) is 6.25. The van der Waals surface area contributed by atoms with Gasteiger partial charge in [0, 0.05) is 4.90 Å². The fourth-order valence-corrected chi connectivity index (χ4v) is 6.72. The summed E-state index contributed by atoms with van der Waals surface area (Å²) in [5.74, 6) is 1.15. The van der Waals surface area contributed by atoms with Crippen molar-refractivity contribution in [2.45, 2.75) is 31.3 Å². The molecule has 1 aliphatic rings. The van der Waals surface area contributed by atoms with Gasteiger partial charge >= 0.3 is 0 Å². The molecule has 0 unspecified atom stereocenters. The largest absolute Gasteiger partial charge is 0.127 e. The highest BCUT2D eigenvalue weighted by Gasteiger charge is 2.29. The molecule has 0 heterocycles. The Balaban J connectivity index is 2.41. The smallest absolute Gasteiger partial charge is 0.113 e. The Hall–Kier alpha value is -0.733. The summed E-state index contributed by atoms with van der Waals surface area (Å²) in [4.78, 5) is 1.48. The quantitative estimate of drug-likeness (QED) is 0.579. The first-order chi connectivity index (χ1) is 8.16. The summed E-state index contributed by atoms with van der Waals surface area (Å²) in [5, 5.41) is 3.17. The van der Waals surface area contributed by atoms with Crippen molar-refractivity contribution >= 4 is 25.0 Å². The zero-order valence-corrected chi connectivity index (χ0v) is 12.7. The lowest BCUT2D eigenvalue weighted by Gasteiger charge is -2.26. The average Bonchev–Trinajstić information content (AvgIpc) is 2.84. The van der Waals surface area contributed by atoms with Crippen LogP contribution in [0.4, 0.5) is 0 Å². The Labute approximate surface area is 110 Å². The van der Waals surface area contributed by atoms with Crippen LogP contribution in [-0.4, -0.2) is 13.8 Å². The minimum absolute atomic E-state index is 1.12. The third-order valence-electron chi connectivity index (χ3n) is 3.35. The number of hydrogen-bond acceptors (Lipinski definition) is 1. The van der Waals surface area contributed by atoms with E-state index in [4.69, 9.17) is 0 Å². The van der Waals surface area contributed by atoms with Gasteiger partial charge in [0.25, 0.3) is 0 Å². The molecule has 90 valence electrons. The summed E-state index contributed by atoms with van der Waals surface area (Å²) in [7, 11) is -1.47.